The molecule has 1 fully saturated rings. The summed E-state index contributed by atoms with van der Waals surface area (Å²) in [5, 5.41) is 6.13. The summed E-state index contributed by atoms with van der Waals surface area (Å²) < 4.78 is 36.3. The Balaban J connectivity index is 1.66. The van der Waals surface area contributed by atoms with Crippen LogP contribution in [-0.2, 0) is 0 Å². The fourth-order valence-electron chi connectivity index (χ4n) is 3.42. The SMILES string of the molecule is O=C(Nc1c(Cl)cncc1Cl)c1ccc(OC(F)F)c2c1NC[C@H](C1CCC1)O2. The smallest absolute Gasteiger partial charge is 0.387 e. The molecule has 0 radical (unpaired) electrons. The standard InChI is InChI=1S/C19H17Cl2F2N3O3/c20-11-6-24-7-12(21)16(11)26-18(27)10-4-5-13(29-19(22)23)17-15(10)25-8-14(28-17)9-2-1-3-9/h4-7,9,14,19,25H,1-3,8H2,(H,24,26,27)/t14-/m1/s1. The van der Waals surface area contributed by atoms with Gasteiger partial charge in [-0.3, -0.25) is 9.78 Å². The molecule has 1 aromatic carbocycles. The van der Waals surface area contributed by atoms with Gasteiger partial charge in [-0.2, -0.15) is 8.78 Å². The monoisotopic (exact) mass is 443 g/mol. The molecule has 1 saturated carbocycles. The van der Waals surface area contributed by atoms with Gasteiger partial charge in [0.2, 0.25) is 0 Å². The first-order valence-electron chi connectivity index (χ1n) is 9.06. The van der Waals surface area contributed by atoms with Gasteiger partial charge in [-0.1, -0.05) is 29.6 Å². The molecule has 2 aliphatic rings. The lowest BCUT2D eigenvalue weighted by Crippen LogP contribution is -2.41. The van der Waals surface area contributed by atoms with Gasteiger partial charge in [-0.05, 0) is 30.9 Å². The van der Waals surface area contributed by atoms with E-state index in [2.05, 4.69) is 20.4 Å². The Bertz CT molecular complexity index is 921. The third-order valence-corrected chi connectivity index (χ3v) is 5.67. The van der Waals surface area contributed by atoms with Gasteiger partial charge in [0.1, 0.15) is 6.10 Å². The Hall–Kier alpha value is -2.32. The van der Waals surface area contributed by atoms with Crippen LogP contribution in [0.15, 0.2) is 24.5 Å². The zero-order chi connectivity index (χ0) is 20.5. The summed E-state index contributed by atoms with van der Waals surface area (Å²) in [6, 6.07) is 2.68. The topological polar surface area (TPSA) is 72.5 Å². The molecule has 0 unspecified atom stereocenters. The van der Waals surface area contributed by atoms with Crippen molar-refractivity contribution in [2.75, 3.05) is 17.2 Å². The van der Waals surface area contributed by atoms with Crippen LogP contribution in [0.4, 0.5) is 20.2 Å². The zero-order valence-electron chi connectivity index (χ0n) is 15.1. The number of hydrogen-bond acceptors (Lipinski definition) is 5. The van der Waals surface area contributed by atoms with Crippen molar-refractivity contribution in [1.82, 2.24) is 4.98 Å². The van der Waals surface area contributed by atoms with Crippen molar-refractivity contribution in [3.8, 4) is 11.5 Å². The molecule has 2 heterocycles. The molecular weight excluding hydrogens is 427 g/mol. The molecule has 2 N–H and O–H groups in total. The Morgan fingerprint density at radius 2 is 2.00 bits per heavy atom. The fraction of sp³-hybridized carbons (Fsp3) is 0.368. The summed E-state index contributed by atoms with van der Waals surface area (Å²) in [7, 11) is 0. The Morgan fingerprint density at radius 3 is 2.62 bits per heavy atom. The molecule has 1 aromatic heterocycles. The van der Waals surface area contributed by atoms with Crippen molar-refractivity contribution in [1.29, 1.82) is 0 Å². The number of fused-ring (bicyclic) bond motifs is 1. The van der Waals surface area contributed by atoms with E-state index in [4.69, 9.17) is 27.9 Å². The third-order valence-electron chi connectivity index (χ3n) is 5.10. The molecule has 154 valence electrons. The number of halogens is 4. The number of hydrogen-bond donors (Lipinski definition) is 2. The van der Waals surface area contributed by atoms with Crippen molar-refractivity contribution in [3.63, 3.8) is 0 Å². The van der Waals surface area contributed by atoms with Gasteiger partial charge in [0.15, 0.2) is 11.5 Å². The van der Waals surface area contributed by atoms with Crippen LogP contribution in [0.1, 0.15) is 29.6 Å². The minimum absolute atomic E-state index is 0.105. The van der Waals surface area contributed by atoms with Crippen LogP contribution >= 0.6 is 23.2 Å². The van der Waals surface area contributed by atoms with Crippen LogP contribution in [0.25, 0.3) is 0 Å². The predicted octanol–water partition coefficient (Wildman–Crippen LogP) is 5.22. The number of alkyl halides is 2. The molecule has 2 aromatic rings. The average Bonchev–Trinajstić information content (AvgIpc) is 2.63. The minimum atomic E-state index is -3.01. The van der Waals surface area contributed by atoms with Crippen molar-refractivity contribution in [2.45, 2.75) is 32.0 Å². The maximum absolute atomic E-state index is 12.9. The number of nitrogens with one attached hydrogen (secondary N) is 2. The first-order valence-corrected chi connectivity index (χ1v) is 9.82. The molecule has 6 nitrogen and oxygen atoms in total. The van der Waals surface area contributed by atoms with Crippen LogP contribution in [-0.4, -0.2) is 30.2 Å². The van der Waals surface area contributed by atoms with Crippen LogP contribution in [0.5, 0.6) is 11.5 Å². The molecule has 4 rings (SSSR count). The maximum Gasteiger partial charge on any atom is 0.387 e. The van der Waals surface area contributed by atoms with E-state index in [1.165, 1.54) is 24.5 Å². The number of benzene rings is 1. The van der Waals surface area contributed by atoms with Gasteiger partial charge in [-0.25, -0.2) is 0 Å². The number of pyridine rings is 1. The Morgan fingerprint density at radius 1 is 1.28 bits per heavy atom. The van der Waals surface area contributed by atoms with Gasteiger partial charge in [-0.15, -0.1) is 0 Å². The number of rotatable bonds is 5. The number of ether oxygens (including phenoxy) is 2. The second kappa shape index (κ2) is 8.20. The molecule has 0 bridgehead atoms. The van der Waals surface area contributed by atoms with Crippen molar-refractivity contribution in [2.24, 2.45) is 5.92 Å². The number of carbonyl (C=O) groups excluding carboxylic acids is 1. The molecule has 10 heteroatoms. The zero-order valence-corrected chi connectivity index (χ0v) is 16.6. The highest BCUT2D eigenvalue weighted by molar-refractivity contribution is 6.39. The molecule has 1 amide bonds. The van der Waals surface area contributed by atoms with Gasteiger partial charge in [0.05, 0.1) is 33.5 Å². The average molecular weight is 444 g/mol. The van der Waals surface area contributed by atoms with Crippen LogP contribution < -0.4 is 20.1 Å². The molecule has 1 aliphatic carbocycles. The van der Waals surface area contributed by atoms with Gasteiger partial charge >= 0.3 is 6.61 Å². The van der Waals surface area contributed by atoms with Gasteiger partial charge in [0, 0.05) is 12.4 Å². The van der Waals surface area contributed by atoms with Crippen molar-refractivity contribution >= 4 is 40.5 Å². The van der Waals surface area contributed by atoms with E-state index in [-0.39, 0.29) is 44.6 Å². The van der Waals surface area contributed by atoms with Crippen LogP contribution in [0, 0.1) is 5.92 Å². The van der Waals surface area contributed by atoms with E-state index < -0.39 is 12.5 Å². The number of nitrogens with zero attached hydrogens (tertiary/aromatic N) is 1. The summed E-state index contributed by atoms with van der Waals surface area (Å²) in [6.45, 7) is -2.55. The maximum atomic E-state index is 12.9. The van der Waals surface area contributed by atoms with E-state index in [0.717, 1.165) is 19.3 Å². The normalized spacial score (nSPS) is 18.3. The van der Waals surface area contributed by atoms with E-state index >= 15 is 0 Å². The number of amides is 1. The van der Waals surface area contributed by atoms with Gasteiger partial charge < -0.3 is 20.1 Å². The molecule has 0 spiro atoms. The van der Waals surface area contributed by atoms with Crippen molar-refractivity contribution < 1.29 is 23.0 Å². The second-order valence-electron chi connectivity index (χ2n) is 6.85. The summed E-state index contributed by atoms with van der Waals surface area (Å²) in [5.74, 6) is -0.198. The van der Waals surface area contributed by atoms with Crippen molar-refractivity contribution in [3.05, 3.63) is 40.1 Å². The van der Waals surface area contributed by atoms with E-state index in [0.29, 0.717) is 12.5 Å². The molecular formula is C19H17Cl2F2N3O3. The molecule has 29 heavy (non-hydrogen) atoms. The lowest BCUT2D eigenvalue weighted by atomic mass is 9.80. The van der Waals surface area contributed by atoms with Crippen LogP contribution in [0.2, 0.25) is 10.0 Å². The molecule has 1 atom stereocenters. The summed E-state index contributed by atoms with van der Waals surface area (Å²) in [6.07, 6.45) is 5.69. The quantitative estimate of drug-likeness (QED) is 0.662. The third kappa shape index (κ3) is 4.04. The highest BCUT2D eigenvalue weighted by atomic mass is 35.5. The lowest BCUT2D eigenvalue weighted by molar-refractivity contribution is -0.0529. The molecule has 0 saturated heterocycles. The first-order chi connectivity index (χ1) is 13.9. The predicted molar refractivity (Wildman–Crippen MR) is 106 cm³/mol. The minimum Gasteiger partial charge on any atom is -0.482 e. The summed E-state index contributed by atoms with van der Waals surface area (Å²) in [5.41, 5.74) is 0.689. The fourth-order valence-corrected chi connectivity index (χ4v) is 3.88. The largest absolute Gasteiger partial charge is 0.482 e. The second-order valence-corrected chi connectivity index (χ2v) is 7.67. The first kappa shape index (κ1) is 20.0. The number of aromatic nitrogens is 1. The lowest BCUT2D eigenvalue weighted by Gasteiger charge is -2.38. The van der Waals surface area contributed by atoms with Crippen LogP contribution in [0.3, 0.4) is 0 Å². The molecule has 1 aliphatic heterocycles. The number of carbonyl (C=O) groups is 1. The van der Waals surface area contributed by atoms with E-state index in [1.807, 2.05) is 0 Å². The summed E-state index contributed by atoms with van der Waals surface area (Å²) >= 11 is 12.1. The van der Waals surface area contributed by atoms with E-state index in [9.17, 15) is 13.6 Å². The van der Waals surface area contributed by atoms with E-state index in [1.54, 1.807) is 0 Å². The Labute approximate surface area is 175 Å². The highest BCUT2D eigenvalue weighted by Gasteiger charge is 2.35. The van der Waals surface area contributed by atoms with Gasteiger partial charge in [0.25, 0.3) is 5.91 Å². The Kier molecular flexibility index (Phi) is 5.65. The summed E-state index contributed by atoms with van der Waals surface area (Å²) in [4.78, 5) is 16.7. The highest BCUT2D eigenvalue weighted by Crippen LogP contribution is 2.45. The number of anilines is 2.